The van der Waals surface area contributed by atoms with Crippen LogP contribution in [0, 0.1) is 0 Å². The Morgan fingerprint density at radius 2 is 2.50 bits per heavy atom. The molecule has 0 amide bonds. The van der Waals surface area contributed by atoms with Gasteiger partial charge in [-0.2, -0.15) is 0 Å². The molecular formula is C11H13FN2O2. The molecule has 1 heterocycles. The summed E-state index contributed by atoms with van der Waals surface area (Å²) in [5.41, 5.74) is 7.93. The number of carbonyl (C=O) groups is 1. The van der Waals surface area contributed by atoms with Gasteiger partial charge in [0.25, 0.3) is 0 Å². The van der Waals surface area contributed by atoms with Crippen molar-refractivity contribution in [2.75, 3.05) is 0 Å². The van der Waals surface area contributed by atoms with Crippen molar-refractivity contribution in [1.29, 1.82) is 0 Å². The average Bonchev–Trinajstić information content (AvgIpc) is 2.61. The molecule has 2 unspecified atom stereocenters. The van der Waals surface area contributed by atoms with Crippen LogP contribution in [0.3, 0.4) is 0 Å². The summed E-state index contributed by atoms with van der Waals surface area (Å²) in [6, 6.07) is -0.941. The minimum absolute atomic E-state index is 0.224. The topological polar surface area (TPSA) is 79.1 Å². The number of nitrogens with two attached hydrogens (primary N) is 1. The first-order valence-corrected chi connectivity index (χ1v) is 5.07. The smallest absolute Gasteiger partial charge is 0.320 e. The summed E-state index contributed by atoms with van der Waals surface area (Å²) in [5.74, 6) is -1.04. The zero-order valence-corrected chi connectivity index (χ0v) is 8.61. The third-order valence-corrected chi connectivity index (χ3v) is 2.74. The molecular weight excluding hydrogens is 211 g/mol. The van der Waals surface area contributed by atoms with Gasteiger partial charge in [0.1, 0.15) is 12.2 Å². The van der Waals surface area contributed by atoms with Gasteiger partial charge >= 0.3 is 5.97 Å². The molecule has 1 aliphatic carbocycles. The number of fused-ring (bicyclic) bond motifs is 1. The molecule has 0 spiro atoms. The van der Waals surface area contributed by atoms with Crippen molar-refractivity contribution in [2.45, 2.75) is 25.1 Å². The summed E-state index contributed by atoms with van der Waals surface area (Å²) in [6.07, 6.45) is 4.39. The Morgan fingerprint density at radius 1 is 1.75 bits per heavy atom. The highest BCUT2D eigenvalue weighted by atomic mass is 19.1. The number of hydrogen-bond donors (Lipinski definition) is 3. The van der Waals surface area contributed by atoms with Gasteiger partial charge in [-0.1, -0.05) is 0 Å². The number of carboxylic acid groups (broad SMARTS) is 1. The molecule has 2 atom stereocenters. The van der Waals surface area contributed by atoms with Crippen LogP contribution in [0.4, 0.5) is 4.39 Å². The van der Waals surface area contributed by atoms with Gasteiger partial charge < -0.3 is 15.8 Å². The van der Waals surface area contributed by atoms with E-state index in [4.69, 9.17) is 10.8 Å². The average molecular weight is 224 g/mol. The minimum atomic E-state index is -1.04. The Kier molecular flexibility index (Phi) is 2.78. The van der Waals surface area contributed by atoms with Crippen molar-refractivity contribution in [3.63, 3.8) is 0 Å². The number of aromatic amines is 1. The molecule has 2 rings (SSSR count). The van der Waals surface area contributed by atoms with Crippen molar-refractivity contribution in [3.05, 3.63) is 29.1 Å². The van der Waals surface area contributed by atoms with E-state index in [0.717, 1.165) is 16.8 Å². The zero-order chi connectivity index (χ0) is 11.7. The van der Waals surface area contributed by atoms with E-state index >= 15 is 0 Å². The van der Waals surface area contributed by atoms with E-state index in [-0.39, 0.29) is 12.8 Å². The Morgan fingerprint density at radius 3 is 3.19 bits per heavy atom. The summed E-state index contributed by atoms with van der Waals surface area (Å²) in [5, 5.41) is 8.71. The van der Waals surface area contributed by atoms with Crippen LogP contribution in [0.5, 0.6) is 0 Å². The fraction of sp³-hybridized carbons (Fsp3) is 0.364. The fourth-order valence-electron chi connectivity index (χ4n) is 1.87. The van der Waals surface area contributed by atoms with Crippen molar-refractivity contribution in [2.24, 2.45) is 5.73 Å². The normalized spacial score (nSPS) is 20.5. The SMILES string of the molecule is NC(Cc1c[nH]c2c1CC(F)C=C2)C(=O)O. The van der Waals surface area contributed by atoms with Crippen molar-refractivity contribution < 1.29 is 14.3 Å². The standard InChI is InChI=1S/C11H13FN2O2/c12-7-1-2-10-8(4-7)6(5-14-10)3-9(13)11(15)16/h1-2,5,7,9,14H,3-4,13H2,(H,15,16). The van der Waals surface area contributed by atoms with Crippen LogP contribution in [-0.4, -0.2) is 28.3 Å². The van der Waals surface area contributed by atoms with Crippen molar-refractivity contribution in [3.8, 4) is 0 Å². The summed E-state index contributed by atoms with van der Waals surface area (Å²) in [4.78, 5) is 13.6. The Labute approximate surface area is 92.0 Å². The lowest BCUT2D eigenvalue weighted by Gasteiger charge is -2.12. The Hall–Kier alpha value is -1.62. The zero-order valence-electron chi connectivity index (χ0n) is 8.61. The Bertz CT molecular complexity index is 439. The molecule has 4 N–H and O–H groups in total. The summed E-state index contributed by atoms with van der Waals surface area (Å²) < 4.78 is 13.2. The largest absolute Gasteiger partial charge is 0.480 e. The molecule has 1 aromatic rings. The Balaban J connectivity index is 2.21. The molecule has 0 aliphatic heterocycles. The monoisotopic (exact) mass is 224 g/mol. The van der Waals surface area contributed by atoms with E-state index < -0.39 is 18.2 Å². The number of hydrogen-bond acceptors (Lipinski definition) is 2. The van der Waals surface area contributed by atoms with E-state index in [1.165, 1.54) is 6.08 Å². The molecule has 0 bridgehead atoms. The first-order valence-electron chi connectivity index (χ1n) is 5.07. The van der Waals surface area contributed by atoms with Gasteiger partial charge in [-0.05, 0) is 23.3 Å². The fourth-order valence-corrected chi connectivity index (χ4v) is 1.87. The number of aliphatic carboxylic acids is 1. The predicted octanol–water partition coefficient (Wildman–Crippen LogP) is 0.877. The van der Waals surface area contributed by atoms with Crippen LogP contribution in [0.25, 0.3) is 6.08 Å². The third-order valence-electron chi connectivity index (χ3n) is 2.74. The van der Waals surface area contributed by atoms with E-state index in [1.54, 1.807) is 12.3 Å². The molecule has 1 aromatic heterocycles. The first kappa shape index (κ1) is 10.9. The molecule has 0 aromatic carbocycles. The number of nitrogens with one attached hydrogen (secondary N) is 1. The summed E-state index contributed by atoms with van der Waals surface area (Å²) >= 11 is 0. The number of aromatic nitrogens is 1. The van der Waals surface area contributed by atoms with Crippen LogP contribution in [0.2, 0.25) is 0 Å². The maximum absolute atomic E-state index is 13.2. The summed E-state index contributed by atoms with van der Waals surface area (Å²) in [7, 11) is 0. The molecule has 0 fully saturated rings. The van der Waals surface area contributed by atoms with Crippen LogP contribution < -0.4 is 5.73 Å². The minimum Gasteiger partial charge on any atom is -0.480 e. The molecule has 16 heavy (non-hydrogen) atoms. The number of H-pyrrole nitrogens is 1. The second-order valence-electron chi connectivity index (χ2n) is 3.93. The number of alkyl halides is 1. The van der Waals surface area contributed by atoms with Gasteiger partial charge in [0, 0.05) is 24.7 Å². The van der Waals surface area contributed by atoms with Gasteiger partial charge in [0.2, 0.25) is 0 Å². The van der Waals surface area contributed by atoms with Crippen LogP contribution in [0.15, 0.2) is 12.3 Å². The molecule has 5 heteroatoms. The second-order valence-corrected chi connectivity index (χ2v) is 3.93. The van der Waals surface area contributed by atoms with Gasteiger partial charge in [0.15, 0.2) is 0 Å². The van der Waals surface area contributed by atoms with Gasteiger partial charge in [0.05, 0.1) is 0 Å². The quantitative estimate of drug-likeness (QED) is 0.713. The lowest BCUT2D eigenvalue weighted by molar-refractivity contribution is -0.138. The lowest BCUT2D eigenvalue weighted by Crippen LogP contribution is -2.32. The van der Waals surface area contributed by atoms with Crippen LogP contribution >= 0.6 is 0 Å². The molecule has 4 nitrogen and oxygen atoms in total. The number of halogens is 1. The number of carboxylic acids is 1. The van der Waals surface area contributed by atoms with Gasteiger partial charge in [-0.15, -0.1) is 0 Å². The lowest BCUT2D eigenvalue weighted by atomic mass is 9.96. The highest BCUT2D eigenvalue weighted by Crippen LogP contribution is 2.24. The molecule has 0 radical (unpaired) electrons. The van der Waals surface area contributed by atoms with E-state index in [1.807, 2.05) is 0 Å². The molecule has 0 saturated heterocycles. The second kappa shape index (κ2) is 4.09. The third kappa shape index (κ3) is 1.99. The molecule has 0 saturated carbocycles. The molecule has 86 valence electrons. The maximum Gasteiger partial charge on any atom is 0.320 e. The first-order chi connectivity index (χ1) is 7.58. The van der Waals surface area contributed by atoms with E-state index in [0.29, 0.717) is 0 Å². The van der Waals surface area contributed by atoms with Crippen molar-refractivity contribution in [1.82, 2.24) is 4.98 Å². The van der Waals surface area contributed by atoms with Crippen molar-refractivity contribution >= 4 is 12.0 Å². The van der Waals surface area contributed by atoms with Gasteiger partial charge in [-0.25, -0.2) is 4.39 Å². The van der Waals surface area contributed by atoms with Gasteiger partial charge in [-0.3, -0.25) is 4.79 Å². The van der Waals surface area contributed by atoms with Crippen LogP contribution in [0.1, 0.15) is 16.8 Å². The maximum atomic E-state index is 13.2. The van der Waals surface area contributed by atoms with E-state index in [2.05, 4.69) is 4.98 Å². The highest BCUT2D eigenvalue weighted by molar-refractivity contribution is 5.73. The van der Waals surface area contributed by atoms with Crippen LogP contribution in [-0.2, 0) is 17.6 Å². The highest BCUT2D eigenvalue weighted by Gasteiger charge is 2.21. The van der Waals surface area contributed by atoms with E-state index in [9.17, 15) is 9.18 Å². The molecule has 1 aliphatic rings. The number of rotatable bonds is 3. The summed E-state index contributed by atoms with van der Waals surface area (Å²) in [6.45, 7) is 0. The predicted molar refractivity (Wildman–Crippen MR) is 57.7 cm³/mol. The number of allylic oxidation sites excluding steroid dienone is 1.